The highest BCUT2D eigenvalue weighted by Gasteiger charge is 2.40. The van der Waals surface area contributed by atoms with Crippen LogP contribution < -0.4 is 5.32 Å². The van der Waals surface area contributed by atoms with Gasteiger partial charge in [0, 0.05) is 45.5 Å². The Bertz CT molecular complexity index is 547. The first-order chi connectivity index (χ1) is 11.1. The van der Waals surface area contributed by atoms with Crippen LogP contribution in [0.5, 0.6) is 0 Å². The predicted molar refractivity (Wildman–Crippen MR) is 105 cm³/mol. The van der Waals surface area contributed by atoms with Crippen molar-refractivity contribution < 1.29 is 9.26 Å². The number of nitrogens with one attached hydrogen (secondary N) is 1. The molecule has 0 radical (unpaired) electrons. The Labute approximate surface area is 161 Å². The highest BCUT2D eigenvalue weighted by atomic mass is 127. The fourth-order valence-electron chi connectivity index (χ4n) is 3.82. The van der Waals surface area contributed by atoms with Gasteiger partial charge in [-0.15, -0.1) is 24.0 Å². The van der Waals surface area contributed by atoms with Crippen LogP contribution in [0.25, 0.3) is 0 Å². The second-order valence-electron chi connectivity index (χ2n) is 6.81. The van der Waals surface area contributed by atoms with Gasteiger partial charge in [-0.1, -0.05) is 5.16 Å². The van der Waals surface area contributed by atoms with Crippen molar-refractivity contribution in [1.29, 1.82) is 0 Å². The van der Waals surface area contributed by atoms with Crippen LogP contribution in [0.15, 0.2) is 9.52 Å². The van der Waals surface area contributed by atoms with E-state index >= 15 is 0 Å². The summed E-state index contributed by atoms with van der Waals surface area (Å²) in [7, 11) is 1.87. The molecule has 2 fully saturated rings. The number of guanidine groups is 1. The number of hydrogen-bond acceptors (Lipinski definition) is 4. The minimum Gasteiger partial charge on any atom is -0.381 e. The number of aryl methyl sites for hydroxylation is 2. The van der Waals surface area contributed by atoms with Crippen molar-refractivity contribution in [3.8, 4) is 0 Å². The van der Waals surface area contributed by atoms with E-state index in [2.05, 4.69) is 20.4 Å². The molecule has 0 saturated carbocycles. The number of halogens is 1. The van der Waals surface area contributed by atoms with Crippen LogP contribution in [0.3, 0.4) is 0 Å². The zero-order valence-corrected chi connectivity index (χ0v) is 17.3. The predicted octanol–water partition coefficient (Wildman–Crippen LogP) is 2.53. The average Bonchev–Trinajstić information content (AvgIpc) is 3.10. The van der Waals surface area contributed by atoms with E-state index in [9.17, 15) is 0 Å². The number of likely N-dealkylation sites (tertiary alicyclic amines) is 1. The average molecular weight is 448 g/mol. The van der Waals surface area contributed by atoms with Gasteiger partial charge in [0.2, 0.25) is 0 Å². The van der Waals surface area contributed by atoms with Gasteiger partial charge in [0.15, 0.2) is 5.96 Å². The lowest BCUT2D eigenvalue weighted by atomic mass is 9.80. The number of aromatic nitrogens is 1. The molecule has 7 heteroatoms. The molecule has 3 rings (SSSR count). The minimum atomic E-state index is 0. The van der Waals surface area contributed by atoms with Gasteiger partial charge in [-0.3, -0.25) is 4.99 Å². The number of nitrogens with zero attached hydrogens (tertiary/aromatic N) is 3. The zero-order valence-electron chi connectivity index (χ0n) is 14.9. The standard InChI is InChI=1S/C17H28N4O2.HI/c1-13-15(14(2)23-20-13)4-8-19-16(18-3)21-9-5-17(12-21)6-10-22-11-7-17;/h4-12H2,1-3H3,(H,18,19);1H. The molecular weight excluding hydrogens is 419 g/mol. The smallest absolute Gasteiger partial charge is 0.193 e. The summed E-state index contributed by atoms with van der Waals surface area (Å²) in [6, 6.07) is 0. The normalized spacial score (nSPS) is 20.3. The summed E-state index contributed by atoms with van der Waals surface area (Å²) in [5, 5.41) is 7.51. The summed E-state index contributed by atoms with van der Waals surface area (Å²) in [5.41, 5.74) is 2.63. The van der Waals surface area contributed by atoms with E-state index in [0.29, 0.717) is 5.41 Å². The second kappa shape index (κ2) is 8.51. The molecule has 2 saturated heterocycles. The Kier molecular flexibility index (Phi) is 6.91. The van der Waals surface area contributed by atoms with Crippen LogP contribution in [0.4, 0.5) is 0 Å². The minimum absolute atomic E-state index is 0. The summed E-state index contributed by atoms with van der Waals surface area (Å²) in [6.07, 6.45) is 4.52. The maximum absolute atomic E-state index is 5.53. The molecule has 1 N–H and O–H groups in total. The van der Waals surface area contributed by atoms with Crippen molar-refractivity contribution in [2.75, 3.05) is 39.9 Å². The van der Waals surface area contributed by atoms with E-state index in [0.717, 1.165) is 56.7 Å². The fraction of sp³-hybridized carbons (Fsp3) is 0.765. The van der Waals surface area contributed by atoms with E-state index in [-0.39, 0.29) is 24.0 Å². The maximum atomic E-state index is 5.53. The third-order valence-electron chi connectivity index (χ3n) is 5.34. The van der Waals surface area contributed by atoms with Crippen molar-refractivity contribution in [2.24, 2.45) is 10.4 Å². The Balaban J connectivity index is 0.00000208. The summed E-state index contributed by atoms with van der Waals surface area (Å²) in [6.45, 7) is 8.82. The zero-order chi connectivity index (χ0) is 16.3. The third kappa shape index (κ3) is 4.22. The third-order valence-corrected chi connectivity index (χ3v) is 5.34. The topological polar surface area (TPSA) is 62.9 Å². The lowest BCUT2D eigenvalue weighted by Crippen LogP contribution is -2.42. The molecule has 0 aliphatic carbocycles. The Morgan fingerprint density at radius 1 is 1.29 bits per heavy atom. The molecular formula is C17H29IN4O2. The number of rotatable bonds is 3. The first-order valence-corrected chi connectivity index (χ1v) is 8.59. The molecule has 6 nitrogen and oxygen atoms in total. The van der Waals surface area contributed by atoms with Crippen LogP contribution in [0.2, 0.25) is 0 Å². The van der Waals surface area contributed by atoms with E-state index in [1.807, 2.05) is 20.9 Å². The summed E-state index contributed by atoms with van der Waals surface area (Å²) >= 11 is 0. The van der Waals surface area contributed by atoms with Crippen molar-refractivity contribution in [2.45, 2.75) is 39.5 Å². The summed E-state index contributed by atoms with van der Waals surface area (Å²) in [5.74, 6) is 1.93. The van der Waals surface area contributed by atoms with Gasteiger partial charge in [-0.05, 0) is 44.9 Å². The van der Waals surface area contributed by atoms with Crippen LogP contribution in [-0.2, 0) is 11.2 Å². The van der Waals surface area contributed by atoms with E-state index in [1.165, 1.54) is 24.8 Å². The van der Waals surface area contributed by atoms with Crippen molar-refractivity contribution in [3.63, 3.8) is 0 Å². The molecule has 2 aliphatic rings. The van der Waals surface area contributed by atoms with Crippen LogP contribution in [0, 0.1) is 19.3 Å². The molecule has 1 aromatic heterocycles. The molecule has 24 heavy (non-hydrogen) atoms. The lowest BCUT2D eigenvalue weighted by molar-refractivity contribution is 0.0218. The molecule has 0 aromatic carbocycles. The van der Waals surface area contributed by atoms with Gasteiger partial charge in [0.1, 0.15) is 5.76 Å². The highest BCUT2D eigenvalue weighted by Crippen LogP contribution is 2.39. The van der Waals surface area contributed by atoms with Gasteiger partial charge in [0.05, 0.1) is 5.69 Å². The molecule has 1 aromatic rings. The summed E-state index contributed by atoms with van der Waals surface area (Å²) < 4.78 is 10.8. The largest absolute Gasteiger partial charge is 0.381 e. The lowest BCUT2D eigenvalue weighted by Gasteiger charge is -2.33. The molecule has 2 aliphatic heterocycles. The second-order valence-corrected chi connectivity index (χ2v) is 6.81. The van der Waals surface area contributed by atoms with E-state index in [1.54, 1.807) is 0 Å². The molecule has 0 atom stereocenters. The maximum Gasteiger partial charge on any atom is 0.193 e. The molecule has 0 bridgehead atoms. The van der Waals surface area contributed by atoms with Gasteiger partial charge in [0.25, 0.3) is 0 Å². The van der Waals surface area contributed by atoms with Crippen molar-refractivity contribution in [3.05, 3.63) is 17.0 Å². The molecule has 3 heterocycles. The van der Waals surface area contributed by atoms with Gasteiger partial charge < -0.3 is 19.5 Å². The molecule has 0 amide bonds. The van der Waals surface area contributed by atoms with Crippen LogP contribution in [0.1, 0.15) is 36.3 Å². The van der Waals surface area contributed by atoms with Crippen molar-refractivity contribution >= 4 is 29.9 Å². The van der Waals surface area contributed by atoms with Crippen LogP contribution >= 0.6 is 24.0 Å². The quantitative estimate of drug-likeness (QED) is 0.438. The van der Waals surface area contributed by atoms with Gasteiger partial charge in [-0.25, -0.2) is 0 Å². The first-order valence-electron chi connectivity index (χ1n) is 8.59. The number of aliphatic imine (C=N–C) groups is 1. The summed E-state index contributed by atoms with van der Waals surface area (Å²) in [4.78, 5) is 6.87. The molecule has 0 unspecified atom stereocenters. The Hall–Kier alpha value is -0.830. The molecule has 136 valence electrons. The van der Waals surface area contributed by atoms with Crippen LogP contribution in [-0.4, -0.2) is 55.9 Å². The van der Waals surface area contributed by atoms with E-state index in [4.69, 9.17) is 9.26 Å². The number of hydrogen-bond donors (Lipinski definition) is 1. The van der Waals surface area contributed by atoms with Crippen molar-refractivity contribution in [1.82, 2.24) is 15.4 Å². The number of ether oxygens (including phenoxy) is 1. The van der Waals surface area contributed by atoms with Gasteiger partial charge >= 0.3 is 0 Å². The highest BCUT2D eigenvalue weighted by molar-refractivity contribution is 14.0. The Morgan fingerprint density at radius 3 is 2.67 bits per heavy atom. The van der Waals surface area contributed by atoms with E-state index < -0.39 is 0 Å². The fourth-order valence-corrected chi connectivity index (χ4v) is 3.82. The SMILES string of the molecule is CN=C(NCCc1c(C)noc1C)N1CCC2(CCOCC2)C1.I. The Morgan fingerprint density at radius 2 is 2.04 bits per heavy atom. The first kappa shape index (κ1) is 19.5. The molecule has 1 spiro atoms. The van der Waals surface area contributed by atoms with Gasteiger partial charge in [-0.2, -0.15) is 0 Å². The monoisotopic (exact) mass is 448 g/mol.